The van der Waals surface area contributed by atoms with Gasteiger partial charge in [-0.15, -0.1) is 0 Å². The number of urea groups is 1. The molecule has 9 nitrogen and oxygen atoms in total. The largest absolute Gasteiger partial charge is 0.497 e. The summed E-state index contributed by atoms with van der Waals surface area (Å²) in [5.41, 5.74) is 0.449. The third-order valence-corrected chi connectivity index (χ3v) is 4.47. The van der Waals surface area contributed by atoms with Crippen LogP contribution in [0.3, 0.4) is 0 Å². The molecule has 1 fully saturated rings. The van der Waals surface area contributed by atoms with E-state index in [4.69, 9.17) is 18.9 Å². The van der Waals surface area contributed by atoms with Gasteiger partial charge in [0.2, 0.25) is 0 Å². The first kappa shape index (κ1) is 20.7. The Balaban J connectivity index is 2.06. The summed E-state index contributed by atoms with van der Waals surface area (Å²) in [6.45, 7) is 0. The zero-order valence-electron chi connectivity index (χ0n) is 16.8. The summed E-state index contributed by atoms with van der Waals surface area (Å²) in [6, 6.07) is 8.59. The molecule has 3 rings (SSSR count). The van der Waals surface area contributed by atoms with Crippen LogP contribution < -0.4 is 29.2 Å². The molecular weight excluding hydrogens is 392 g/mol. The molecular formula is C21H20N2O7. The number of nitrogens with one attached hydrogen (secondary N) is 1. The molecule has 0 radical (unpaired) electrons. The van der Waals surface area contributed by atoms with Crippen molar-refractivity contribution >= 4 is 29.6 Å². The maximum Gasteiger partial charge on any atom is 0.335 e. The minimum Gasteiger partial charge on any atom is -0.497 e. The lowest BCUT2D eigenvalue weighted by Gasteiger charge is -2.26. The van der Waals surface area contributed by atoms with E-state index in [1.807, 2.05) is 0 Å². The molecule has 2 aromatic carbocycles. The van der Waals surface area contributed by atoms with Crippen molar-refractivity contribution in [2.45, 2.75) is 0 Å². The standard InChI is InChI=1S/C21H20N2O7/c1-27-14-7-5-13(6-8-14)23-20(25)15(19(24)22-21(23)26)9-12-10-17(29-3)18(30-4)11-16(12)28-2/h5-11H,1-4H3,(H,22,24,26)/b15-9+. The Morgan fingerprint density at radius 2 is 1.40 bits per heavy atom. The number of rotatable bonds is 6. The number of hydrogen-bond donors (Lipinski definition) is 1. The highest BCUT2D eigenvalue weighted by Gasteiger charge is 2.37. The number of imide groups is 2. The minimum absolute atomic E-state index is 0.240. The van der Waals surface area contributed by atoms with E-state index < -0.39 is 17.8 Å². The van der Waals surface area contributed by atoms with Gasteiger partial charge in [-0.3, -0.25) is 14.9 Å². The monoisotopic (exact) mass is 412 g/mol. The average molecular weight is 412 g/mol. The Hall–Kier alpha value is -4.01. The average Bonchev–Trinajstić information content (AvgIpc) is 2.76. The molecule has 1 aliphatic heterocycles. The second-order valence-electron chi connectivity index (χ2n) is 6.11. The second kappa shape index (κ2) is 8.56. The summed E-state index contributed by atoms with van der Waals surface area (Å²) in [5.74, 6) is 0.138. The quantitative estimate of drug-likeness (QED) is 0.574. The van der Waals surface area contributed by atoms with E-state index in [1.54, 1.807) is 36.4 Å². The van der Waals surface area contributed by atoms with E-state index >= 15 is 0 Å². The van der Waals surface area contributed by atoms with Gasteiger partial charge in [-0.05, 0) is 36.4 Å². The first-order chi connectivity index (χ1) is 14.4. The van der Waals surface area contributed by atoms with Gasteiger partial charge in [0, 0.05) is 11.6 Å². The number of nitrogens with zero attached hydrogens (tertiary/aromatic N) is 1. The van der Waals surface area contributed by atoms with E-state index in [0.717, 1.165) is 4.90 Å². The molecule has 0 saturated carbocycles. The van der Waals surface area contributed by atoms with Gasteiger partial charge in [-0.25, -0.2) is 9.69 Å². The van der Waals surface area contributed by atoms with E-state index in [2.05, 4.69) is 5.32 Å². The number of barbiturate groups is 1. The summed E-state index contributed by atoms with van der Waals surface area (Å²) < 4.78 is 20.9. The molecule has 1 N–H and O–H groups in total. The lowest BCUT2D eigenvalue weighted by atomic mass is 10.1. The van der Waals surface area contributed by atoms with Crippen molar-refractivity contribution in [3.8, 4) is 23.0 Å². The Morgan fingerprint density at radius 3 is 1.97 bits per heavy atom. The van der Waals surface area contributed by atoms with E-state index in [9.17, 15) is 14.4 Å². The molecule has 1 heterocycles. The molecule has 0 bridgehead atoms. The predicted molar refractivity (Wildman–Crippen MR) is 108 cm³/mol. The van der Waals surface area contributed by atoms with Crippen molar-refractivity contribution in [3.05, 3.63) is 47.5 Å². The molecule has 30 heavy (non-hydrogen) atoms. The molecule has 1 aliphatic rings. The molecule has 2 aromatic rings. The first-order valence-electron chi connectivity index (χ1n) is 8.79. The summed E-state index contributed by atoms with van der Waals surface area (Å²) in [4.78, 5) is 38.6. The number of ether oxygens (including phenoxy) is 4. The number of hydrogen-bond acceptors (Lipinski definition) is 7. The van der Waals surface area contributed by atoms with Crippen LogP contribution in [0.1, 0.15) is 5.56 Å². The number of amides is 4. The van der Waals surface area contributed by atoms with Gasteiger partial charge < -0.3 is 18.9 Å². The number of benzene rings is 2. The Bertz CT molecular complexity index is 1030. The summed E-state index contributed by atoms with van der Waals surface area (Å²) in [5, 5.41) is 2.18. The highest BCUT2D eigenvalue weighted by atomic mass is 16.5. The van der Waals surface area contributed by atoms with Crippen LogP contribution in [0, 0.1) is 0 Å². The minimum atomic E-state index is -0.841. The number of methoxy groups -OCH3 is 4. The van der Waals surface area contributed by atoms with Crippen LogP contribution in [0.2, 0.25) is 0 Å². The van der Waals surface area contributed by atoms with Crippen LogP contribution in [0.15, 0.2) is 42.0 Å². The normalized spacial score (nSPS) is 15.1. The van der Waals surface area contributed by atoms with Crippen molar-refractivity contribution in [2.24, 2.45) is 0 Å². The molecule has 0 spiro atoms. The number of anilines is 1. The van der Waals surface area contributed by atoms with Crippen molar-refractivity contribution < 1.29 is 33.3 Å². The molecule has 0 unspecified atom stereocenters. The topological polar surface area (TPSA) is 103 Å². The molecule has 1 saturated heterocycles. The number of carbonyl (C=O) groups is 3. The van der Waals surface area contributed by atoms with Crippen molar-refractivity contribution in [1.29, 1.82) is 0 Å². The maximum absolute atomic E-state index is 13.0. The third kappa shape index (κ3) is 3.77. The van der Waals surface area contributed by atoms with Gasteiger partial charge in [-0.1, -0.05) is 0 Å². The zero-order valence-corrected chi connectivity index (χ0v) is 16.8. The fraction of sp³-hybridized carbons (Fsp3) is 0.190. The van der Waals surface area contributed by atoms with Gasteiger partial charge in [0.1, 0.15) is 17.1 Å². The highest BCUT2D eigenvalue weighted by molar-refractivity contribution is 6.39. The van der Waals surface area contributed by atoms with Gasteiger partial charge >= 0.3 is 6.03 Å². The molecule has 4 amide bonds. The van der Waals surface area contributed by atoms with E-state index in [-0.39, 0.29) is 11.3 Å². The van der Waals surface area contributed by atoms with Gasteiger partial charge in [0.25, 0.3) is 11.8 Å². The second-order valence-corrected chi connectivity index (χ2v) is 6.11. The molecule has 156 valence electrons. The molecule has 9 heteroatoms. The summed E-state index contributed by atoms with van der Waals surface area (Å²) in [7, 11) is 5.89. The zero-order chi connectivity index (χ0) is 21.8. The predicted octanol–water partition coefficient (Wildman–Crippen LogP) is 2.39. The maximum atomic E-state index is 13.0. The van der Waals surface area contributed by atoms with Crippen LogP contribution in [-0.4, -0.2) is 46.3 Å². The Labute approximate surface area is 172 Å². The lowest BCUT2D eigenvalue weighted by Crippen LogP contribution is -2.54. The first-order valence-corrected chi connectivity index (χ1v) is 8.79. The molecule has 0 atom stereocenters. The summed E-state index contributed by atoms with van der Waals surface area (Å²) >= 11 is 0. The van der Waals surface area contributed by atoms with Crippen molar-refractivity contribution in [3.63, 3.8) is 0 Å². The highest BCUT2D eigenvalue weighted by Crippen LogP contribution is 2.36. The van der Waals surface area contributed by atoms with Crippen molar-refractivity contribution in [2.75, 3.05) is 33.3 Å². The van der Waals surface area contributed by atoms with E-state index in [0.29, 0.717) is 28.6 Å². The van der Waals surface area contributed by atoms with Crippen LogP contribution >= 0.6 is 0 Å². The van der Waals surface area contributed by atoms with E-state index in [1.165, 1.54) is 34.5 Å². The van der Waals surface area contributed by atoms with Crippen LogP contribution in [0.5, 0.6) is 23.0 Å². The van der Waals surface area contributed by atoms with Gasteiger partial charge in [0.15, 0.2) is 11.5 Å². The Morgan fingerprint density at radius 1 is 0.800 bits per heavy atom. The smallest absolute Gasteiger partial charge is 0.335 e. The van der Waals surface area contributed by atoms with Crippen molar-refractivity contribution in [1.82, 2.24) is 5.32 Å². The lowest BCUT2D eigenvalue weighted by molar-refractivity contribution is -0.122. The Kier molecular flexibility index (Phi) is 5.91. The van der Waals surface area contributed by atoms with Gasteiger partial charge in [0.05, 0.1) is 34.1 Å². The summed E-state index contributed by atoms with van der Waals surface area (Å²) in [6.07, 6.45) is 1.33. The van der Waals surface area contributed by atoms with Crippen LogP contribution in [-0.2, 0) is 9.59 Å². The molecule has 0 aromatic heterocycles. The molecule has 0 aliphatic carbocycles. The fourth-order valence-corrected chi connectivity index (χ4v) is 2.94. The number of carbonyl (C=O) groups excluding carboxylic acids is 3. The van der Waals surface area contributed by atoms with Crippen LogP contribution in [0.4, 0.5) is 10.5 Å². The fourth-order valence-electron chi connectivity index (χ4n) is 2.94. The van der Waals surface area contributed by atoms with Crippen LogP contribution in [0.25, 0.3) is 6.08 Å². The third-order valence-electron chi connectivity index (χ3n) is 4.47. The van der Waals surface area contributed by atoms with Gasteiger partial charge in [-0.2, -0.15) is 0 Å². The SMILES string of the molecule is COc1ccc(N2C(=O)NC(=O)/C(=C\c3cc(OC)c(OC)cc3OC)C2=O)cc1.